The monoisotopic (exact) mass is 883 g/mol. The van der Waals surface area contributed by atoms with Crippen LogP contribution in [0.4, 0.5) is 0 Å². The van der Waals surface area contributed by atoms with Gasteiger partial charge in [0.05, 0.1) is 18.2 Å². The van der Waals surface area contributed by atoms with Crippen LogP contribution in [0, 0.1) is 37.5 Å². The molecule has 8 rings (SSSR count). The van der Waals surface area contributed by atoms with E-state index in [4.69, 9.17) is 24.2 Å². The summed E-state index contributed by atoms with van der Waals surface area (Å²) in [5.41, 5.74) is 6.30. The summed E-state index contributed by atoms with van der Waals surface area (Å²) in [5, 5.41) is 27.2. The van der Waals surface area contributed by atoms with Crippen LogP contribution in [0.15, 0.2) is 108 Å². The summed E-state index contributed by atoms with van der Waals surface area (Å²) < 4.78 is 21.5. The highest BCUT2D eigenvalue weighted by Crippen LogP contribution is 2.62. The zero-order valence-electron chi connectivity index (χ0n) is 38.9. The smallest absolute Gasteiger partial charge is 0.239 e. The molecule has 0 bridgehead atoms. The van der Waals surface area contributed by atoms with Crippen molar-refractivity contribution in [2.75, 3.05) is 26.4 Å². The Morgan fingerprint density at radius 2 is 1.66 bits per heavy atom. The predicted molar refractivity (Wildman–Crippen MR) is 258 cm³/mol. The van der Waals surface area contributed by atoms with E-state index >= 15 is 4.79 Å². The highest BCUT2D eigenvalue weighted by molar-refractivity contribution is 6.03. The number of amides is 1. The highest BCUT2D eigenvalue weighted by Gasteiger charge is 2.65. The van der Waals surface area contributed by atoms with E-state index in [1.165, 1.54) is 31.2 Å². The van der Waals surface area contributed by atoms with E-state index in [0.29, 0.717) is 56.3 Å². The standard InChI is InChI=1S/C56H70N2O7/c1-5-32-62-56-52(58(53(61)29-25-40-16-7-8-17-40)37-43-21-15-20-41-18-9-10-22-46(41)43)36-50(57-63-6-2)48-34-42(19-11-13-30-59)47(23-12-14-31-60)54(55(48)56)49-35-45(27-28-51(49)65-56)64-44-26-24-38(3)39(4)33-44/h5,9-10,15,18,20-22,24,26-28,33-35,40,42,47,52,54-55,59-60H,1,6-8,11-14,16-17,19,23,25,29-32,36-37H2,2-4H3/t42-,47+,52-,54+,55+,56+/m0/s1. The first-order valence-corrected chi connectivity index (χ1v) is 24.5. The lowest BCUT2D eigenvalue weighted by molar-refractivity contribution is -0.258. The Morgan fingerprint density at radius 3 is 2.43 bits per heavy atom. The van der Waals surface area contributed by atoms with Gasteiger partial charge in [0.15, 0.2) is 0 Å². The summed E-state index contributed by atoms with van der Waals surface area (Å²) >= 11 is 0. The second-order valence-electron chi connectivity index (χ2n) is 18.9. The zero-order valence-corrected chi connectivity index (χ0v) is 38.9. The number of benzene rings is 4. The van der Waals surface area contributed by atoms with Gasteiger partial charge in [-0.3, -0.25) is 4.79 Å². The van der Waals surface area contributed by atoms with Gasteiger partial charge in [0.2, 0.25) is 11.7 Å². The number of carbonyl (C=O) groups excluding carboxylic acids is 1. The number of unbranched alkanes of at least 4 members (excludes halogenated alkanes) is 2. The molecule has 0 spiro atoms. The summed E-state index contributed by atoms with van der Waals surface area (Å²) in [6.45, 7) is 11.5. The number of aliphatic hydroxyl groups is 2. The maximum Gasteiger partial charge on any atom is 0.239 e. The summed E-state index contributed by atoms with van der Waals surface area (Å²) in [4.78, 5) is 23.5. The molecule has 0 aromatic heterocycles. The molecule has 0 saturated heterocycles. The normalized spacial score (nSPS) is 24.2. The summed E-state index contributed by atoms with van der Waals surface area (Å²) in [5.74, 6) is 1.19. The molecule has 6 atom stereocenters. The van der Waals surface area contributed by atoms with Crippen LogP contribution in [0.5, 0.6) is 17.2 Å². The van der Waals surface area contributed by atoms with Crippen molar-refractivity contribution in [2.45, 2.75) is 129 Å². The summed E-state index contributed by atoms with van der Waals surface area (Å²) in [6, 6.07) is 26.5. The molecule has 65 heavy (non-hydrogen) atoms. The molecule has 4 aliphatic rings. The van der Waals surface area contributed by atoms with Gasteiger partial charge in [0.25, 0.3) is 0 Å². The Labute approximate surface area is 386 Å². The molecule has 0 radical (unpaired) electrons. The van der Waals surface area contributed by atoms with E-state index in [1.54, 1.807) is 6.08 Å². The van der Waals surface area contributed by atoms with E-state index < -0.39 is 17.7 Å². The Bertz CT molecular complexity index is 2330. The number of rotatable bonds is 21. The Morgan fingerprint density at radius 1 is 0.908 bits per heavy atom. The molecule has 9 heteroatoms. The van der Waals surface area contributed by atoms with E-state index in [-0.39, 0.29) is 43.5 Å². The van der Waals surface area contributed by atoms with Crippen LogP contribution in [-0.4, -0.2) is 65.0 Å². The topological polar surface area (TPSA) is 110 Å². The number of allylic oxidation sites excluding steroid dienone is 1. The molecule has 346 valence electrons. The van der Waals surface area contributed by atoms with Crippen LogP contribution in [0.3, 0.4) is 0 Å². The highest BCUT2D eigenvalue weighted by atomic mass is 16.7. The van der Waals surface area contributed by atoms with Crippen molar-refractivity contribution in [3.63, 3.8) is 0 Å². The first kappa shape index (κ1) is 46.6. The summed E-state index contributed by atoms with van der Waals surface area (Å²) in [7, 11) is 0. The number of carbonyl (C=O) groups is 1. The van der Waals surface area contributed by atoms with Gasteiger partial charge in [-0.25, -0.2) is 0 Å². The van der Waals surface area contributed by atoms with E-state index in [0.717, 1.165) is 76.6 Å². The van der Waals surface area contributed by atoms with Crippen molar-refractivity contribution in [1.82, 2.24) is 4.90 Å². The third-order valence-corrected chi connectivity index (χ3v) is 14.8. The molecule has 1 heterocycles. The molecular formula is C56H70N2O7. The fourth-order valence-corrected chi connectivity index (χ4v) is 11.5. The van der Waals surface area contributed by atoms with Crippen molar-refractivity contribution < 1.29 is 34.1 Å². The summed E-state index contributed by atoms with van der Waals surface area (Å²) in [6.07, 6.45) is 15.5. The van der Waals surface area contributed by atoms with E-state index in [9.17, 15) is 10.2 Å². The number of hydrogen-bond acceptors (Lipinski definition) is 8. The molecular weight excluding hydrogens is 813 g/mol. The first-order valence-electron chi connectivity index (χ1n) is 24.5. The minimum absolute atomic E-state index is 0.0832. The molecule has 2 N–H and O–H groups in total. The van der Waals surface area contributed by atoms with Gasteiger partial charge in [0, 0.05) is 44.1 Å². The van der Waals surface area contributed by atoms with Crippen LogP contribution >= 0.6 is 0 Å². The van der Waals surface area contributed by atoms with E-state index in [1.807, 2.05) is 25.1 Å². The van der Waals surface area contributed by atoms with Crippen LogP contribution in [0.1, 0.15) is 119 Å². The fraction of sp³-hybridized carbons (Fsp3) is 0.500. The fourth-order valence-electron chi connectivity index (χ4n) is 11.5. The van der Waals surface area contributed by atoms with Crippen LogP contribution < -0.4 is 9.47 Å². The van der Waals surface area contributed by atoms with Crippen molar-refractivity contribution >= 4 is 22.4 Å². The van der Waals surface area contributed by atoms with Crippen LogP contribution in [0.2, 0.25) is 0 Å². The molecule has 1 amide bonds. The average molecular weight is 883 g/mol. The maximum absolute atomic E-state index is 15.4. The van der Waals surface area contributed by atoms with Crippen LogP contribution in [0.25, 0.3) is 10.8 Å². The van der Waals surface area contributed by atoms with Gasteiger partial charge >= 0.3 is 0 Å². The number of ether oxygens (including phenoxy) is 3. The first-order chi connectivity index (χ1) is 31.8. The van der Waals surface area contributed by atoms with Crippen molar-refractivity contribution in [3.05, 3.63) is 125 Å². The van der Waals surface area contributed by atoms with Gasteiger partial charge in [-0.05, 0) is 134 Å². The third kappa shape index (κ3) is 10.1. The van der Waals surface area contributed by atoms with E-state index in [2.05, 4.69) is 92.1 Å². The van der Waals surface area contributed by atoms with Crippen LogP contribution in [-0.2, 0) is 20.9 Å². The van der Waals surface area contributed by atoms with Gasteiger partial charge < -0.3 is 34.2 Å². The zero-order chi connectivity index (χ0) is 45.3. The van der Waals surface area contributed by atoms with Gasteiger partial charge in [-0.15, -0.1) is 6.58 Å². The lowest BCUT2D eigenvalue weighted by Gasteiger charge is -2.60. The van der Waals surface area contributed by atoms with Gasteiger partial charge in [-0.2, -0.15) is 0 Å². The third-order valence-electron chi connectivity index (χ3n) is 14.8. The van der Waals surface area contributed by atoms with Crippen molar-refractivity contribution in [3.8, 4) is 17.2 Å². The number of nitrogens with zero attached hydrogens (tertiary/aromatic N) is 2. The predicted octanol–water partition coefficient (Wildman–Crippen LogP) is 11.9. The SMILES string of the molecule is C=CCO[C@@]12Oc3ccc(Oc4ccc(C)c(C)c4)cc3[C@H]3[C@H](CCCCO)[C@@H](CCCCO)C=C(C(=NOCC)C[C@@H]1N(Cc1cccc4ccccc14)C(=O)CCC1CCCC1)[C@H]32. The number of hydrogen-bond donors (Lipinski definition) is 2. The lowest BCUT2D eigenvalue weighted by atomic mass is 9.55. The molecule has 0 unspecified atom stereocenters. The lowest BCUT2D eigenvalue weighted by Crippen LogP contribution is -2.70. The molecule has 3 aliphatic carbocycles. The number of aryl methyl sites for hydroxylation is 2. The molecule has 9 nitrogen and oxygen atoms in total. The number of oxime groups is 1. The van der Waals surface area contributed by atoms with Crippen molar-refractivity contribution in [2.24, 2.45) is 28.8 Å². The molecule has 2 saturated carbocycles. The number of aliphatic hydroxyl groups excluding tert-OH is 2. The van der Waals surface area contributed by atoms with Gasteiger partial charge in [0.1, 0.15) is 29.9 Å². The second-order valence-corrected chi connectivity index (χ2v) is 18.9. The largest absolute Gasteiger partial charge is 0.459 e. The van der Waals surface area contributed by atoms with Crippen molar-refractivity contribution in [1.29, 1.82) is 0 Å². The molecule has 1 aliphatic heterocycles. The molecule has 2 fully saturated rings. The van der Waals surface area contributed by atoms with Gasteiger partial charge in [-0.1, -0.05) is 104 Å². The quantitative estimate of drug-likeness (QED) is 0.0487. The minimum Gasteiger partial charge on any atom is -0.459 e. The molecule has 4 aromatic rings. The second kappa shape index (κ2) is 21.6. The minimum atomic E-state index is -1.34. The molecule has 4 aromatic carbocycles. The average Bonchev–Trinajstić information content (AvgIpc) is 3.85. The number of fused-ring (bicyclic) bond motifs is 3. The Balaban J connectivity index is 1.33. The maximum atomic E-state index is 15.4. The Kier molecular flexibility index (Phi) is 15.4. The Hall–Kier alpha value is -4.96.